The van der Waals surface area contributed by atoms with Crippen molar-refractivity contribution in [2.45, 2.75) is 13.5 Å². The van der Waals surface area contributed by atoms with Gasteiger partial charge in [-0.3, -0.25) is 0 Å². The highest BCUT2D eigenvalue weighted by Crippen LogP contribution is 2.14. The molecule has 0 fully saturated rings. The fourth-order valence-corrected chi connectivity index (χ4v) is 2.26. The molecule has 0 radical (unpaired) electrons. The van der Waals surface area contributed by atoms with Crippen LogP contribution in [-0.2, 0) is 6.54 Å². The molecule has 0 aliphatic heterocycles. The second-order valence-corrected chi connectivity index (χ2v) is 5.12. The van der Waals surface area contributed by atoms with E-state index in [1.165, 1.54) is 0 Å². The van der Waals surface area contributed by atoms with Crippen molar-refractivity contribution in [1.82, 2.24) is 14.8 Å². The molecule has 0 N–H and O–H groups in total. The molecule has 0 aliphatic rings. The molecule has 3 aromatic rings. The van der Waals surface area contributed by atoms with Crippen LogP contribution in [-0.4, -0.2) is 21.8 Å². The molecular formula is C17H18N4. The third-order valence-corrected chi connectivity index (χ3v) is 3.34. The van der Waals surface area contributed by atoms with Crippen molar-refractivity contribution in [1.29, 1.82) is 0 Å². The lowest BCUT2D eigenvalue weighted by Gasteiger charge is -2.17. The highest BCUT2D eigenvalue weighted by Gasteiger charge is 2.06. The van der Waals surface area contributed by atoms with Gasteiger partial charge in [-0.15, -0.1) is 0 Å². The molecule has 0 spiro atoms. The standard InChI is InChI=1S/C17H18N4/c1-14-7-6-10-17(19-14)20(2)12-15-11-18-21(13-15)16-8-4-3-5-9-16/h3-11,13H,12H2,1-2H3. The van der Waals surface area contributed by atoms with Gasteiger partial charge in [0.1, 0.15) is 5.82 Å². The SMILES string of the molecule is Cc1cccc(N(C)Cc2cnn(-c3ccccc3)c2)n1. The Kier molecular flexibility index (Phi) is 3.69. The number of pyridine rings is 1. The first-order valence-corrected chi connectivity index (χ1v) is 6.96. The predicted molar refractivity (Wildman–Crippen MR) is 84.6 cm³/mol. The van der Waals surface area contributed by atoms with E-state index >= 15 is 0 Å². The molecule has 4 nitrogen and oxygen atoms in total. The molecule has 0 saturated heterocycles. The Morgan fingerprint density at radius 2 is 1.86 bits per heavy atom. The average molecular weight is 278 g/mol. The van der Waals surface area contributed by atoms with Gasteiger partial charge in [0.05, 0.1) is 11.9 Å². The monoisotopic (exact) mass is 278 g/mol. The molecule has 2 aromatic heterocycles. The summed E-state index contributed by atoms with van der Waals surface area (Å²) in [6.07, 6.45) is 3.96. The summed E-state index contributed by atoms with van der Waals surface area (Å²) in [6, 6.07) is 16.2. The van der Waals surface area contributed by atoms with Crippen LogP contribution in [0.25, 0.3) is 5.69 Å². The number of rotatable bonds is 4. The molecule has 0 bridgehead atoms. The highest BCUT2D eigenvalue weighted by atomic mass is 15.3. The van der Waals surface area contributed by atoms with Gasteiger partial charge in [-0.25, -0.2) is 9.67 Å². The molecule has 3 rings (SSSR count). The first-order chi connectivity index (χ1) is 10.2. The summed E-state index contributed by atoms with van der Waals surface area (Å²) in [5, 5.41) is 4.42. The molecule has 0 aliphatic carbocycles. The van der Waals surface area contributed by atoms with E-state index in [2.05, 4.69) is 21.2 Å². The lowest BCUT2D eigenvalue weighted by Crippen LogP contribution is -2.17. The Morgan fingerprint density at radius 3 is 2.62 bits per heavy atom. The molecule has 1 aromatic carbocycles. The van der Waals surface area contributed by atoms with Crippen LogP contribution in [0.3, 0.4) is 0 Å². The van der Waals surface area contributed by atoms with Crippen molar-refractivity contribution in [2.75, 3.05) is 11.9 Å². The third kappa shape index (κ3) is 3.11. The van der Waals surface area contributed by atoms with Gasteiger partial charge in [0.15, 0.2) is 0 Å². The topological polar surface area (TPSA) is 34.0 Å². The Bertz CT molecular complexity index is 718. The van der Waals surface area contributed by atoms with Crippen LogP contribution in [0, 0.1) is 6.92 Å². The number of aryl methyl sites for hydroxylation is 1. The number of para-hydroxylation sites is 1. The maximum atomic E-state index is 4.53. The summed E-state index contributed by atoms with van der Waals surface area (Å²) in [6.45, 7) is 2.79. The van der Waals surface area contributed by atoms with Crippen LogP contribution in [0.4, 0.5) is 5.82 Å². The van der Waals surface area contributed by atoms with Gasteiger partial charge in [-0.2, -0.15) is 5.10 Å². The van der Waals surface area contributed by atoms with E-state index in [0.29, 0.717) is 0 Å². The van der Waals surface area contributed by atoms with Gasteiger partial charge < -0.3 is 4.90 Å². The van der Waals surface area contributed by atoms with Crippen LogP contribution in [0.2, 0.25) is 0 Å². The largest absolute Gasteiger partial charge is 0.355 e. The van der Waals surface area contributed by atoms with E-state index in [4.69, 9.17) is 0 Å². The van der Waals surface area contributed by atoms with Gasteiger partial charge in [0.2, 0.25) is 0 Å². The first kappa shape index (κ1) is 13.4. The number of hydrogen-bond donors (Lipinski definition) is 0. The lowest BCUT2D eigenvalue weighted by molar-refractivity contribution is 0.874. The van der Waals surface area contributed by atoms with E-state index in [1.54, 1.807) is 0 Å². The predicted octanol–water partition coefficient (Wildman–Crippen LogP) is 3.21. The molecule has 2 heterocycles. The fraction of sp³-hybridized carbons (Fsp3) is 0.176. The zero-order chi connectivity index (χ0) is 14.7. The van der Waals surface area contributed by atoms with Gasteiger partial charge in [-0.05, 0) is 31.2 Å². The van der Waals surface area contributed by atoms with Gasteiger partial charge >= 0.3 is 0 Å². The summed E-state index contributed by atoms with van der Waals surface area (Å²) in [5.41, 5.74) is 3.25. The Hall–Kier alpha value is -2.62. The van der Waals surface area contributed by atoms with Crippen molar-refractivity contribution in [3.05, 3.63) is 72.2 Å². The Labute approximate surface area is 124 Å². The van der Waals surface area contributed by atoms with Gasteiger partial charge in [0, 0.05) is 31.0 Å². The van der Waals surface area contributed by atoms with E-state index < -0.39 is 0 Å². The van der Waals surface area contributed by atoms with Crippen molar-refractivity contribution in [3.8, 4) is 5.69 Å². The van der Waals surface area contributed by atoms with Crippen molar-refractivity contribution in [2.24, 2.45) is 0 Å². The summed E-state index contributed by atoms with van der Waals surface area (Å²) < 4.78 is 1.90. The second kappa shape index (κ2) is 5.79. The fourth-order valence-electron chi connectivity index (χ4n) is 2.26. The van der Waals surface area contributed by atoms with E-state index in [0.717, 1.165) is 29.3 Å². The lowest BCUT2D eigenvalue weighted by atomic mass is 10.3. The molecule has 4 heteroatoms. The summed E-state index contributed by atoms with van der Waals surface area (Å²) in [7, 11) is 2.04. The van der Waals surface area contributed by atoms with Gasteiger partial charge in [-0.1, -0.05) is 24.3 Å². The van der Waals surface area contributed by atoms with Crippen molar-refractivity contribution >= 4 is 5.82 Å². The van der Waals surface area contributed by atoms with Crippen LogP contribution in [0.15, 0.2) is 60.9 Å². The van der Waals surface area contributed by atoms with Crippen LogP contribution in [0.5, 0.6) is 0 Å². The average Bonchev–Trinajstić information content (AvgIpc) is 2.97. The smallest absolute Gasteiger partial charge is 0.128 e. The number of nitrogens with zero attached hydrogens (tertiary/aromatic N) is 4. The quantitative estimate of drug-likeness (QED) is 0.735. The van der Waals surface area contributed by atoms with E-state index in [9.17, 15) is 0 Å². The minimum atomic E-state index is 0.781. The Morgan fingerprint density at radius 1 is 1.05 bits per heavy atom. The zero-order valence-electron chi connectivity index (χ0n) is 12.3. The van der Waals surface area contributed by atoms with Crippen LogP contribution >= 0.6 is 0 Å². The maximum Gasteiger partial charge on any atom is 0.128 e. The molecule has 21 heavy (non-hydrogen) atoms. The summed E-state index contributed by atoms with van der Waals surface area (Å²) >= 11 is 0. The first-order valence-electron chi connectivity index (χ1n) is 6.96. The molecule has 0 unspecified atom stereocenters. The summed E-state index contributed by atoms with van der Waals surface area (Å²) in [5.74, 6) is 0.975. The number of hydrogen-bond acceptors (Lipinski definition) is 3. The molecule has 0 atom stereocenters. The number of aromatic nitrogens is 3. The number of benzene rings is 1. The van der Waals surface area contributed by atoms with Gasteiger partial charge in [0.25, 0.3) is 0 Å². The minimum absolute atomic E-state index is 0.781. The van der Waals surface area contributed by atoms with Crippen molar-refractivity contribution < 1.29 is 0 Å². The maximum absolute atomic E-state index is 4.53. The molecule has 0 amide bonds. The summed E-state index contributed by atoms with van der Waals surface area (Å²) in [4.78, 5) is 6.66. The minimum Gasteiger partial charge on any atom is -0.355 e. The molecule has 0 saturated carbocycles. The van der Waals surface area contributed by atoms with E-state index in [-0.39, 0.29) is 0 Å². The zero-order valence-corrected chi connectivity index (χ0v) is 12.3. The molecule has 106 valence electrons. The Balaban J connectivity index is 1.75. The molecular weight excluding hydrogens is 260 g/mol. The normalized spacial score (nSPS) is 10.6. The van der Waals surface area contributed by atoms with E-state index in [1.807, 2.05) is 73.4 Å². The van der Waals surface area contributed by atoms with Crippen molar-refractivity contribution in [3.63, 3.8) is 0 Å². The van der Waals surface area contributed by atoms with Crippen LogP contribution < -0.4 is 4.90 Å². The van der Waals surface area contributed by atoms with Crippen LogP contribution in [0.1, 0.15) is 11.3 Å². The number of anilines is 1. The second-order valence-electron chi connectivity index (χ2n) is 5.12. The third-order valence-electron chi connectivity index (χ3n) is 3.34. The highest BCUT2D eigenvalue weighted by molar-refractivity contribution is 5.39.